The highest BCUT2D eigenvalue weighted by atomic mass is 32.1. The summed E-state index contributed by atoms with van der Waals surface area (Å²) in [6.45, 7) is 3.79. The second-order valence-corrected chi connectivity index (χ2v) is 4.40. The molecule has 1 saturated heterocycles. The Hall–Kier alpha value is 0.190. The minimum absolute atomic E-state index is 0.0922. The zero-order valence-electron chi connectivity index (χ0n) is 8.37. The van der Waals surface area contributed by atoms with E-state index in [0.29, 0.717) is 5.75 Å². The molecule has 14 heavy (non-hydrogen) atoms. The van der Waals surface area contributed by atoms with Crippen LogP contribution in [0, 0.1) is 5.92 Å². The van der Waals surface area contributed by atoms with Crippen LogP contribution < -0.4 is 0 Å². The van der Waals surface area contributed by atoms with E-state index in [-0.39, 0.29) is 5.92 Å². The summed E-state index contributed by atoms with van der Waals surface area (Å²) in [6.07, 6.45) is -4.18. The molecular weight excluding hydrogens is 204 g/mol. The Kier molecular flexibility index (Phi) is 4.21. The number of rotatable bonds is 2. The summed E-state index contributed by atoms with van der Waals surface area (Å²) < 4.78 is 5.46. The third-order valence-corrected chi connectivity index (χ3v) is 2.95. The Morgan fingerprint density at radius 1 is 1.14 bits per heavy atom. The average molecular weight is 222 g/mol. The van der Waals surface area contributed by atoms with E-state index in [1.165, 1.54) is 0 Å². The minimum Gasteiger partial charge on any atom is -0.388 e. The van der Waals surface area contributed by atoms with E-state index >= 15 is 0 Å². The Balaban J connectivity index is 2.73. The summed E-state index contributed by atoms with van der Waals surface area (Å²) in [6, 6.07) is 0. The van der Waals surface area contributed by atoms with E-state index in [2.05, 4.69) is 12.6 Å². The van der Waals surface area contributed by atoms with E-state index in [9.17, 15) is 15.3 Å². The topological polar surface area (TPSA) is 69.9 Å². The molecule has 0 bridgehead atoms. The quantitative estimate of drug-likeness (QED) is 0.472. The van der Waals surface area contributed by atoms with Gasteiger partial charge in [-0.15, -0.1) is 0 Å². The number of hydrogen-bond acceptors (Lipinski definition) is 5. The molecule has 1 aliphatic rings. The Bertz CT molecular complexity index is 186. The van der Waals surface area contributed by atoms with Gasteiger partial charge in [0.1, 0.15) is 18.3 Å². The van der Waals surface area contributed by atoms with Crippen molar-refractivity contribution in [2.75, 3.05) is 5.75 Å². The van der Waals surface area contributed by atoms with Crippen LogP contribution in [0.5, 0.6) is 0 Å². The van der Waals surface area contributed by atoms with Gasteiger partial charge in [-0.2, -0.15) is 12.6 Å². The van der Waals surface area contributed by atoms with Gasteiger partial charge in [0.2, 0.25) is 0 Å². The van der Waals surface area contributed by atoms with Crippen molar-refractivity contribution < 1.29 is 20.1 Å². The van der Waals surface area contributed by atoms with Crippen LogP contribution in [0.15, 0.2) is 0 Å². The van der Waals surface area contributed by atoms with Gasteiger partial charge in [-0.05, 0) is 5.92 Å². The molecule has 1 fully saturated rings. The molecule has 0 aliphatic carbocycles. The van der Waals surface area contributed by atoms with Crippen LogP contribution in [-0.2, 0) is 4.74 Å². The van der Waals surface area contributed by atoms with E-state index in [4.69, 9.17) is 4.74 Å². The molecule has 2 unspecified atom stereocenters. The van der Waals surface area contributed by atoms with Crippen LogP contribution in [-0.4, -0.2) is 51.6 Å². The van der Waals surface area contributed by atoms with E-state index in [0.717, 1.165) is 0 Å². The molecule has 5 heteroatoms. The Morgan fingerprint density at radius 3 is 2.14 bits per heavy atom. The highest BCUT2D eigenvalue weighted by Gasteiger charge is 2.43. The first-order valence-electron chi connectivity index (χ1n) is 4.79. The third-order valence-electron chi connectivity index (χ3n) is 2.59. The summed E-state index contributed by atoms with van der Waals surface area (Å²) in [5, 5.41) is 28.7. The number of aliphatic hydroxyl groups is 3. The minimum atomic E-state index is -1.15. The van der Waals surface area contributed by atoms with Gasteiger partial charge in [0.15, 0.2) is 0 Å². The van der Waals surface area contributed by atoms with Crippen LogP contribution >= 0.6 is 12.6 Å². The molecule has 1 rings (SSSR count). The van der Waals surface area contributed by atoms with Gasteiger partial charge < -0.3 is 20.1 Å². The van der Waals surface area contributed by atoms with Crippen LogP contribution in [0.1, 0.15) is 13.8 Å². The molecule has 1 aliphatic heterocycles. The smallest absolute Gasteiger partial charge is 0.111 e. The zero-order chi connectivity index (χ0) is 10.9. The first-order valence-corrected chi connectivity index (χ1v) is 5.42. The molecule has 3 N–H and O–H groups in total. The molecular formula is C9H18O4S. The van der Waals surface area contributed by atoms with E-state index in [1.807, 2.05) is 13.8 Å². The summed E-state index contributed by atoms with van der Waals surface area (Å²) >= 11 is 4.02. The molecule has 0 radical (unpaired) electrons. The van der Waals surface area contributed by atoms with Crippen LogP contribution in [0.25, 0.3) is 0 Å². The lowest BCUT2D eigenvalue weighted by Crippen LogP contribution is -2.59. The van der Waals surface area contributed by atoms with Crippen molar-refractivity contribution in [1.82, 2.24) is 0 Å². The van der Waals surface area contributed by atoms with Crippen LogP contribution in [0.3, 0.4) is 0 Å². The maximum Gasteiger partial charge on any atom is 0.111 e. The highest BCUT2D eigenvalue weighted by Crippen LogP contribution is 2.26. The van der Waals surface area contributed by atoms with Crippen molar-refractivity contribution in [3.63, 3.8) is 0 Å². The lowest BCUT2D eigenvalue weighted by Gasteiger charge is -2.41. The maximum absolute atomic E-state index is 9.63. The van der Waals surface area contributed by atoms with E-state index in [1.54, 1.807) is 0 Å². The van der Waals surface area contributed by atoms with Crippen molar-refractivity contribution >= 4 is 12.6 Å². The van der Waals surface area contributed by atoms with Crippen LogP contribution in [0.2, 0.25) is 0 Å². The maximum atomic E-state index is 9.63. The summed E-state index contributed by atoms with van der Waals surface area (Å²) in [5.41, 5.74) is 0. The normalized spacial score (nSPS) is 44.4. The van der Waals surface area contributed by atoms with Crippen molar-refractivity contribution in [1.29, 1.82) is 0 Å². The molecule has 1 heterocycles. The molecule has 0 amide bonds. The molecule has 84 valence electrons. The Labute approximate surface area is 89.3 Å². The number of thiol groups is 1. The SMILES string of the molecule is CC(C)[C@@H]1OC(CS)[C@H](O)C(O)[C@H]1O. The van der Waals surface area contributed by atoms with Gasteiger partial charge in [-0.25, -0.2) is 0 Å². The predicted molar refractivity (Wildman–Crippen MR) is 55.4 cm³/mol. The lowest BCUT2D eigenvalue weighted by atomic mass is 9.90. The van der Waals surface area contributed by atoms with Crippen molar-refractivity contribution in [3.05, 3.63) is 0 Å². The molecule has 0 aromatic heterocycles. The first-order chi connectivity index (χ1) is 6.49. The number of hydrogen-bond donors (Lipinski definition) is 4. The van der Waals surface area contributed by atoms with Gasteiger partial charge in [-0.1, -0.05) is 13.8 Å². The Morgan fingerprint density at radius 2 is 1.71 bits per heavy atom. The molecule has 0 spiro atoms. The largest absolute Gasteiger partial charge is 0.388 e. The number of aliphatic hydroxyl groups excluding tert-OH is 3. The van der Waals surface area contributed by atoms with E-state index < -0.39 is 30.5 Å². The summed E-state index contributed by atoms with van der Waals surface area (Å²) in [7, 11) is 0. The summed E-state index contributed by atoms with van der Waals surface area (Å²) in [5.74, 6) is 0.420. The second kappa shape index (κ2) is 4.81. The van der Waals surface area contributed by atoms with Gasteiger partial charge in [0, 0.05) is 5.75 Å². The fraction of sp³-hybridized carbons (Fsp3) is 1.00. The summed E-state index contributed by atoms with van der Waals surface area (Å²) in [4.78, 5) is 0. The zero-order valence-corrected chi connectivity index (χ0v) is 9.26. The van der Waals surface area contributed by atoms with Crippen molar-refractivity contribution in [2.45, 2.75) is 44.4 Å². The molecule has 0 aromatic rings. The molecule has 5 atom stereocenters. The fourth-order valence-corrected chi connectivity index (χ4v) is 1.98. The molecule has 0 saturated carbocycles. The standard InChI is InChI=1S/C9H18O4S/c1-4(2)9-8(12)7(11)6(10)5(3-14)13-9/h4-12,14H,3H2,1-2H3/t5?,6-,7?,8+,9-/m0/s1. The second-order valence-electron chi connectivity index (χ2n) is 4.04. The molecule has 4 nitrogen and oxygen atoms in total. The lowest BCUT2D eigenvalue weighted by molar-refractivity contribution is -0.225. The third kappa shape index (κ3) is 2.23. The van der Waals surface area contributed by atoms with Gasteiger partial charge in [0.05, 0.1) is 12.2 Å². The molecule has 0 aromatic carbocycles. The average Bonchev–Trinajstić information content (AvgIpc) is 2.14. The fourth-order valence-electron chi connectivity index (χ4n) is 1.68. The number of ether oxygens (including phenoxy) is 1. The van der Waals surface area contributed by atoms with Gasteiger partial charge in [-0.3, -0.25) is 0 Å². The monoisotopic (exact) mass is 222 g/mol. The van der Waals surface area contributed by atoms with Gasteiger partial charge in [0.25, 0.3) is 0 Å². The first kappa shape index (κ1) is 12.3. The van der Waals surface area contributed by atoms with Crippen LogP contribution in [0.4, 0.5) is 0 Å². The van der Waals surface area contributed by atoms with Gasteiger partial charge >= 0.3 is 0 Å². The predicted octanol–water partition coefficient (Wildman–Crippen LogP) is -0.578. The van der Waals surface area contributed by atoms with Crippen molar-refractivity contribution in [3.8, 4) is 0 Å². The highest BCUT2D eigenvalue weighted by molar-refractivity contribution is 7.80. The van der Waals surface area contributed by atoms with Crippen molar-refractivity contribution in [2.24, 2.45) is 5.92 Å².